The van der Waals surface area contributed by atoms with E-state index in [2.05, 4.69) is 16.4 Å². The minimum Gasteiger partial charge on any atom is -0.489 e. The molecule has 27 heavy (non-hydrogen) atoms. The summed E-state index contributed by atoms with van der Waals surface area (Å²) in [7, 11) is 3.97. The fourth-order valence-electron chi connectivity index (χ4n) is 2.47. The Hall–Kier alpha value is -3.30. The summed E-state index contributed by atoms with van der Waals surface area (Å²) in [6.45, 7) is 2.01. The molecular weight excluding hydrogens is 340 g/mol. The second kappa shape index (κ2) is 8.88. The Labute approximate surface area is 159 Å². The topological polar surface area (TPSA) is 74.3 Å². The molecule has 0 aliphatic heterocycles. The zero-order valence-electron chi connectivity index (χ0n) is 15.5. The molecule has 1 heterocycles. The molecule has 3 aromatic rings. The number of aromatic nitrogens is 1. The summed E-state index contributed by atoms with van der Waals surface area (Å²) in [4.78, 5) is 6.32. The Kier molecular flexibility index (Phi) is 6.08. The normalized spacial score (nSPS) is 10.6. The summed E-state index contributed by atoms with van der Waals surface area (Å²) in [6.07, 6.45) is 0. The van der Waals surface area contributed by atoms with Crippen molar-refractivity contribution < 1.29 is 9.15 Å². The predicted octanol–water partition coefficient (Wildman–Crippen LogP) is 3.77. The van der Waals surface area contributed by atoms with Crippen LogP contribution in [0.15, 0.2) is 59.0 Å². The molecule has 0 aliphatic rings. The molecule has 0 bridgehead atoms. The van der Waals surface area contributed by atoms with Crippen molar-refractivity contribution in [3.05, 3.63) is 65.9 Å². The second-order valence-electron chi connectivity index (χ2n) is 6.34. The molecule has 1 N–H and O–H groups in total. The Morgan fingerprint density at radius 3 is 2.52 bits per heavy atom. The van der Waals surface area contributed by atoms with Gasteiger partial charge in [0.05, 0.1) is 0 Å². The number of nitrogens with one attached hydrogen (secondary N) is 1. The van der Waals surface area contributed by atoms with Crippen LogP contribution < -0.4 is 10.1 Å². The Morgan fingerprint density at radius 2 is 1.85 bits per heavy atom. The van der Waals surface area contributed by atoms with Gasteiger partial charge in [-0.1, -0.05) is 30.3 Å². The van der Waals surface area contributed by atoms with E-state index in [0.29, 0.717) is 24.9 Å². The van der Waals surface area contributed by atoms with Crippen LogP contribution in [0.1, 0.15) is 11.3 Å². The third kappa shape index (κ3) is 5.09. The maximum Gasteiger partial charge on any atom is 0.232 e. The van der Waals surface area contributed by atoms with Crippen molar-refractivity contribution in [2.45, 2.75) is 6.61 Å². The Bertz CT molecular complexity index is 896. The van der Waals surface area contributed by atoms with Crippen molar-refractivity contribution in [3.8, 4) is 23.3 Å². The van der Waals surface area contributed by atoms with Crippen LogP contribution in [0, 0.1) is 11.3 Å². The van der Waals surface area contributed by atoms with E-state index in [9.17, 15) is 5.26 Å². The summed E-state index contributed by atoms with van der Waals surface area (Å²) in [5.74, 6) is 1.58. The lowest BCUT2D eigenvalue weighted by atomic mass is 10.2. The van der Waals surface area contributed by atoms with Crippen molar-refractivity contribution in [2.75, 3.05) is 32.5 Å². The third-order valence-electron chi connectivity index (χ3n) is 3.93. The maximum atomic E-state index is 9.27. The summed E-state index contributed by atoms with van der Waals surface area (Å²) in [5, 5.41) is 12.4. The molecule has 0 saturated heterocycles. The lowest BCUT2D eigenvalue weighted by Gasteiger charge is -2.09. The van der Waals surface area contributed by atoms with Crippen molar-refractivity contribution in [3.63, 3.8) is 0 Å². The van der Waals surface area contributed by atoms with E-state index < -0.39 is 0 Å². The van der Waals surface area contributed by atoms with Gasteiger partial charge in [0.15, 0.2) is 0 Å². The number of ether oxygens (including phenoxy) is 1. The summed E-state index contributed by atoms with van der Waals surface area (Å²) in [5.41, 5.74) is 2.16. The van der Waals surface area contributed by atoms with Crippen LogP contribution >= 0.6 is 0 Å². The van der Waals surface area contributed by atoms with Crippen LogP contribution in [-0.2, 0) is 6.61 Å². The number of nitrogens with zero attached hydrogens (tertiary/aromatic N) is 3. The first-order valence-corrected chi connectivity index (χ1v) is 8.72. The molecule has 2 aromatic carbocycles. The molecule has 0 amide bonds. The van der Waals surface area contributed by atoms with Crippen LogP contribution in [0.4, 0.5) is 5.88 Å². The van der Waals surface area contributed by atoms with E-state index in [0.717, 1.165) is 23.4 Å². The van der Waals surface area contributed by atoms with Gasteiger partial charge in [-0.25, -0.2) is 0 Å². The van der Waals surface area contributed by atoms with Crippen LogP contribution in [0.5, 0.6) is 5.75 Å². The first kappa shape index (κ1) is 18.5. The zero-order valence-corrected chi connectivity index (χ0v) is 15.5. The van der Waals surface area contributed by atoms with Crippen LogP contribution in [0.2, 0.25) is 0 Å². The van der Waals surface area contributed by atoms with E-state index in [1.54, 1.807) is 0 Å². The van der Waals surface area contributed by atoms with Gasteiger partial charge in [0.2, 0.25) is 17.5 Å². The van der Waals surface area contributed by atoms with Crippen molar-refractivity contribution in [1.29, 1.82) is 5.26 Å². The molecule has 0 spiro atoms. The number of rotatable bonds is 8. The van der Waals surface area contributed by atoms with Gasteiger partial charge in [0.25, 0.3) is 0 Å². The number of likely N-dealkylation sites (N-methyl/N-ethyl adjacent to an activating group) is 1. The van der Waals surface area contributed by atoms with Crippen LogP contribution in [0.25, 0.3) is 11.5 Å². The molecule has 1 aromatic heterocycles. The first-order valence-electron chi connectivity index (χ1n) is 8.72. The van der Waals surface area contributed by atoms with Gasteiger partial charge in [-0.15, -0.1) is 0 Å². The molecule has 0 radical (unpaired) electrons. The van der Waals surface area contributed by atoms with Crippen molar-refractivity contribution in [2.24, 2.45) is 0 Å². The molecule has 3 rings (SSSR count). The number of hydrogen-bond donors (Lipinski definition) is 1. The highest BCUT2D eigenvalue weighted by atomic mass is 16.5. The minimum absolute atomic E-state index is 0.258. The van der Waals surface area contributed by atoms with Gasteiger partial charge in [0.1, 0.15) is 18.4 Å². The van der Waals surface area contributed by atoms with Gasteiger partial charge < -0.3 is 19.4 Å². The third-order valence-corrected chi connectivity index (χ3v) is 3.93. The summed E-state index contributed by atoms with van der Waals surface area (Å²) >= 11 is 0. The molecule has 0 unspecified atom stereocenters. The quantitative estimate of drug-likeness (QED) is 0.657. The molecule has 0 atom stereocenters. The average Bonchev–Trinajstić information content (AvgIpc) is 3.10. The highest BCUT2D eigenvalue weighted by Gasteiger charge is 2.14. The SMILES string of the molecule is CN(C)CCNc1oc(-c2ccc(OCc3ccccc3)cc2)nc1C#N. The number of benzene rings is 2. The summed E-state index contributed by atoms with van der Waals surface area (Å²) < 4.78 is 11.5. The average molecular weight is 362 g/mol. The fourth-order valence-corrected chi connectivity index (χ4v) is 2.47. The highest BCUT2D eigenvalue weighted by Crippen LogP contribution is 2.27. The standard InChI is InChI=1S/C21H22N4O2/c1-25(2)13-12-23-21-19(14-22)24-20(27-21)17-8-10-18(11-9-17)26-15-16-6-4-3-5-7-16/h3-11,23H,12-13,15H2,1-2H3. The van der Waals surface area contributed by atoms with E-state index in [1.165, 1.54) is 0 Å². The van der Waals surface area contributed by atoms with Gasteiger partial charge in [-0.3, -0.25) is 0 Å². The Balaban J connectivity index is 1.66. The lowest BCUT2D eigenvalue weighted by molar-refractivity contribution is 0.306. The Morgan fingerprint density at radius 1 is 1.11 bits per heavy atom. The maximum absolute atomic E-state index is 9.27. The molecule has 0 aliphatic carbocycles. The molecule has 6 nitrogen and oxygen atoms in total. The molecular formula is C21H22N4O2. The van der Waals surface area contributed by atoms with Gasteiger partial charge in [-0.05, 0) is 43.9 Å². The van der Waals surface area contributed by atoms with Crippen LogP contribution in [-0.4, -0.2) is 37.1 Å². The zero-order chi connectivity index (χ0) is 19.1. The second-order valence-corrected chi connectivity index (χ2v) is 6.34. The minimum atomic E-state index is 0.258. The molecule has 0 saturated carbocycles. The van der Waals surface area contributed by atoms with Crippen LogP contribution in [0.3, 0.4) is 0 Å². The van der Waals surface area contributed by atoms with E-state index in [-0.39, 0.29) is 5.69 Å². The highest BCUT2D eigenvalue weighted by molar-refractivity contribution is 5.59. The lowest BCUT2D eigenvalue weighted by Crippen LogP contribution is -2.20. The van der Waals surface area contributed by atoms with Crippen molar-refractivity contribution >= 4 is 5.88 Å². The molecule has 138 valence electrons. The number of oxazole rings is 1. The molecule has 0 fully saturated rings. The predicted molar refractivity (Wildman–Crippen MR) is 104 cm³/mol. The number of hydrogen-bond acceptors (Lipinski definition) is 6. The smallest absolute Gasteiger partial charge is 0.232 e. The van der Waals surface area contributed by atoms with E-state index in [1.807, 2.05) is 73.6 Å². The van der Waals surface area contributed by atoms with E-state index >= 15 is 0 Å². The number of anilines is 1. The van der Waals surface area contributed by atoms with Gasteiger partial charge >= 0.3 is 0 Å². The van der Waals surface area contributed by atoms with Gasteiger partial charge in [0, 0.05) is 18.7 Å². The van der Waals surface area contributed by atoms with Gasteiger partial charge in [-0.2, -0.15) is 10.2 Å². The first-order chi connectivity index (χ1) is 13.2. The number of nitriles is 1. The summed E-state index contributed by atoms with van der Waals surface area (Å²) in [6, 6.07) is 19.6. The molecule has 6 heteroatoms. The van der Waals surface area contributed by atoms with Crippen molar-refractivity contribution in [1.82, 2.24) is 9.88 Å². The monoisotopic (exact) mass is 362 g/mol. The largest absolute Gasteiger partial charge is 0.489 e. The fraction of sp³-hybridized carbons (Fsp3) is 0.238. The van der Waals surface area contributed by atoms with E-state index in [4.69, 9.17) is 9.15 Å².